The summed E-state index contributed by atoms with van der Waals surface area (Å²) >= 11 is 0. The molecule has 1 unspecified atom stereocenters. The molecule has 30 heavy (non-hydrogen) atoms. The summed E-state index contributed by atoms with van der Waals surface area (Å²) in [5.74, 6) is 0.334. The Hall–Kier alpha value is -3.23. The van der Waals surface area contributed by atoms with Crippen LogP contribution in [-0.2, 0) is 16.6 Å². The van der Waals surface area contributed by atoms with Gasteiger partial charge in [0.25, 0.3) is 5.91 Å². The van der Waals surface area contributed by atoms with Crippen molar-refractivity contribution in [1.82, 2.24) is 10.3 Å². The van der Waals surface area contributed by atoms with Gasteiger partial charge in [-0.15, -0.1) is 0 Å². The van der Waals surface area contributed by atoms with E-state index in [9.17, 15) is 13.2 Å². The van der Waals surface area contributed by atoms with Gasteiger partial charge in [0, 0.05) is 23.5 Å². The minimum atomic E-state index is -3.88. The van der Waals surface area contributed by atoms with Crippen molar-refractivity contribution in [3.05, 3.63) is 89.2 Å². The largest absolute Gasteiger partial charge is 0.489 e. The van der Waals surface area contributed by atoms with Crippen LogP contribution in [0.5, 0.6) is 5.75 Å². The number of carbonyl (C=O) groups excluding carboxylic acids is 1. The van der Waals surface area contributed by atoms with Crippen molar-refractivity contribution in [2.45, 2.75) is 31.4 Å². The molecule has 3 aromatic rings. The molecule has 0 aliphatic heterocycles. The molecule has 0 fully saturated rings. The van der Waals surface area contributed by atoms with Crippen molar-refractivity contribution in [2.24, 2.45) is 5.14 Å². The molecule has 1 aromatic heterocycles. The van der Waals surface area contributed by atoms with Gasteiger partial charge in [0.05, 0.1) is 10.9 Å². The fourth-order valence-corrected chi connectivity index (χ4v) is 3.42. The van der Waals surface area contributed by atoms with Crippen molar-refractivity contribution >= 4 is 15.9 Å². The fraction of sp³-hybridized carbons (Fsp3) is 0.182. The van der Waals surface area contributed by atoms with Crippen LogP contribution in [0.1, 0.15) is 40.0 Å². The summed E-state index contributed by atoms with van der Waals surface area (Å²) in [6.45, 7) is 4.00. The molecule has 0 aliphatic rings. The summed E-state index contributed by atoms with van der Waals surface area (Å²) in [6.07, 6.45) is 3.46. The molecule has 156 valence electrons. The van der Waals surface area contributed by atoms with Gasteiger partial charge in [-0.3, -0.25) is 9.78 Å². The van der Waals surface area contributed by atoms with Crippen LogP contribution in [0.15, 0.2) is 71.9 Å². The molecule has 0 radical (unpaired) electrons. The van der Waals surface area contributed by atoms with Gasteiger partial charge >= 0.3 is 0 Å². The number of nitrogens with zero attached hydrogens (tertiary/aromatic N) is 1. The van der Waals surface area contributed by atoms with Crippen LogP contribution in [0.4, 0.5) is 0 Å². The molecule has 1 amide bonds. The zero-order valence-corrected chi connectivity index (χ0v) is 17.5. The van der Waals surface area contributed by atoms with Crippen LogP contribution in [0, 0.1) is 6.92 Å². The third-order valence-electron chi connectivity index (χ3n) is 4.64. The Labute approximate surface area is 176 Å². The van der Waals surface area contributed by atoms with Gasteiger partial charge < -0.3 is 10.1 Å². The number of nitrogens with two attached hydrogens (primary N) is 1. The van der Waals surface area contributed by atoms with E-state index in [0.717, 1.165) is 11.1 Å². The molecule has 0 saturated heterocycles. The van der Waals surface area contributed by atoms with E-state index in [1.165, 1.54) is 12.1 Å². The highest BCUT2D eigenvalue weighted by atomic mass is 32.2. The number of sulfonamides is 1. The van der Waals surface area contributed by atoms with Crippen LogP contribution >= 0.6 is 0 Å². The number of rotatable bonds is 7. The van der Waals surface area contributed by atoms with Gasteiger partial charge in [-0.25, -0.2) is 13.6 Å². The number of hydrogen-bond donors (Lipinski definition) is 2. The first kappa shape index (κ1) is 21.5. The van der Waals surface area contributed by atoms with E-state index >= 15 is 0 Å². The lowest BCUT2D eigenvalue weighted by Crippen LogP contribution is -2.27. The summed E-state index contributed by atoms with van der Waals surface area (Å²) in [5.41, 5.74) is 2.78. The molecule has 1 atom stereocenters. The quantitative estimate of drug-likeness (QED) is 0.604. The molecule has 0 saturated carbocycles. The molecular weight excluding hydrogens is 402 g/mol. The number of pyridine rings is 1. The van der Waals surface area contributed by atoms with Crippen molar-refractivity contribution in [3.8, 4) is 5.75 Å². The minimum Gasteiger partial charge on any atom is -0.489 e. The number of aryl methyl sites for hydroxylation is 1. The van der Waals surface area contributed by atoms with Crippen molar-refractivity contribution in [3.63, 3.8) is 0 Å². The molecule has 7 nitrogen and oxygen atoms in total. The molecule has 3 N–H and O–H groups in total. The van der Waals surface area contributed by atoms with Crippen LogP contribution in [-0.4, -0.2) is 19.3 Å². The Morgan fingerprint density at radius 3 is 2.53 bits per heavy atom. The first-order chi connectivity index (χ1) is 14.2. The number of carbonyl (C=O) groups is 1. The minimum absolute atomic E-state index is 0.0963. The summed E-state index contributed by atoms with van der Waals surface area (Å²) < 4.78 is 28.9. The highest BCUT2D eigenvalue weighted by Crippen LogP contribution is 2.20. The average Bonchev–Trinajstić information content (AvgIpc) is 2.72. The molecule has 8 heteroatoms. The Balaban J connectivity index is 1.66. The lowest BCUT2D eigenvalue weighted by Gasteiger charge is -2.16. The number of nitrogens with one attached hydrogen (secondary N) is 1. The number of hydrogen-bond acceptors (Lipinski definition) is 5. The summed E-state index contributed by atoms with van der Waals surface area (Å²) in [7, 11) is -3.88. The Morgan fingerprint density at radius 1 is 1.17 bits per heavy atom. The molecular formula is C22H23N3O4S. The number of ether oxygens (including phenoxy) is 1. The van der Waals surface area contributed by atoms with E-state index in [2.05, 4.69) is 10.3 Å². The predicted octanol–water partition coefficient (Wildman–Crippen LogP) is 3.11. The lowest BCUT2D eigenvalue weighted by molar-refractivity contribution is 0.0939. The molecule has 0 spiro atoms. The molecule has 0 bridgehead atoms. The molecule has 2 aromatic carbocycles. The SMILES string of the molecule is Cc1ccc(S(N)(=O)=O)cc1C(=O)NC(C)c1ccc(OCc2cccnc2)cc1. The van der Waals surface area contributed by atoms with E-state index in [4.69, 9.17) is 9.88 Å². The number of aromatic nitrogens is 1. The van der Waals surface area contributed by atoms with Crippen LogP contribution in [0.25, 0.3) is 0 Å². The summed E-state index contributed by atoms with van der Waals surface area (Å²) in [4.78, 5) is 16.6. The van der Waals surface area contributed by atoms with Gasteiger partial charge in [0.2, 0.25) is 10.0 Å². The maximum atomic E-state index is 12.7. The van der Waals surface area contributed by atoms with Gasteiger partial charge in [0.15, 0.2) is 0 Å². The standard InChI is InChI=1S/C22H23N3O4S/c1-15-5-10-20(30(23,27)28)12-21(15)22(26)25-16(2)18-6-8-19(9-7-18)29-14-17-4-3-11-24-13-17/h3-13,16H,14H2,1-2H3,(H,25,26)(H2,23,27,28). The fourth-order valence-electron chi connectivity index (χ4n) is 2.88. The Bertz CT molecular complexity index is 1130. The second kappa shape index (κ2) is 9.06. The van der Waals surface area contributed by atoms with Crippen molar-refractivity contribution < 1.29 is 17.9 Å². The van der Waals surface area contributed by atoms with Gasteiger partial charge in [-0.1, -0.05) is 24.3 Å². The van der Waals surface area contributed by atoms with Gasteiger partial charge in [-0.05, 0) is 55.3 Å². The van der Waals surface area contributed by atoms with Crippen LogP contribution in [0.2, 0.25) is 0 Å². The van der Waals surface area contributed by atoms with Crippen LogP contribution < -0.4 is 15.2 Å². The van der Waals surface area contributed by atoms with E-state index in [0.29, 0.717) is 17.9 Å². The molecule has 3 rings (SSSR count). The third kappa shape index (κ3) is 5.43. The zero-order valence-electron chi connectivity index (χ0n) is 16.7. The van der Waals surface area contributed by atoms with E-state index in [-0.39, 0.29) is 22.4 Å². The van der Waals surface area contributed by atoms with E-state index in [1.807, 2.05) is 43.3 Å². The smallest absolute Gasteiger partial charge is 0.252 e. The normalized spacial score (nSPS) is 12.2. The zero-order chi connectivity index (χ0) is 21.7. The van der Waals surface area contributed by atoms with E-state index < -0.39 is 10.0 Å². The topological polar surface area (TPSA) is 111 Å². The summed E-state index contributed by atoms with van der Waals surface area (Å²) in [6, 6.07) is 15.2. The van der Waals surface area contributed by atoms with Crippen molar-refractivity contribution in [2.75, 3.05) is 0 Å². The Kier molecular flexibility index (Phi) is 6.49. The van der Waals surface area contributed by atoms with Crippen molar-refractivity contribution in [1.29, 1.82) is 0 Å². The maximum absolute atomic E-state index is 12.7. The highest BCUT2D eigenvalue weighted by Gasteiger charge is 2.17. The maximum Gasteiger partial charge on any atom is 0.252 e. The lowest BCUT2D eigenvalue weighted by atomic mass is 10.1. The van der Waals surface area contributed by atoms with Gasteiger partial charge in [0.1, 0.15) is 12.4 Å². The third-order valence-corrected chi connectivity index (χ3v) is 5.55. The van der Waals surface area contributed by atoms with Crippen LogP contribution in [0.3, 0.4) is 0 Å². The second-order valence-electron chi connectivity index (χ2n) is 6.94. The molecule has 1 heterocycles. The number of benzene rings is 2. The summed E-state index contributed by atoms with van der Waals surface area (Å²) in [5, 5.41) is 8.05. The molecule has 0 aliphatic carbocycles. The first-order valence-corrected chi connectivity index (χ1v) is 10.8. The van der Waals surface area contributed by atoms with Gasteiger partial charge in [-0.2, -0.15) is 0 Å². The number of primary sulfonamides is 1. The number of amides is 1. The highest BCUT2D eigenvalue weighted by molar-refractivity contribution is 7.89. The monoisotopic (exact) mass is 425 g/mol. The Morgan fingerprint density at radius 2 is 1.90 bits per heavy atom. The average molecular weight is 426 g/mol. The first-order valence-electron chi connectivity index (χ1n) is 9.30. The predicted molar refractivity (Wildman–Crippen MR) is 113 cm³/mol. The second-order valence-corrected chi connectivity index (χ2v) is 8.50. The van der Waals surface area contributed by atoms with E-state index in [1.54, 1.807) is 25.4 Å².